The second-order valence-electron chi connectivity index (χ2n) is 7.26. The minimum absolute atomic E-state index is 0.0908. The summed E-state index contributed by atoms with van der Waals surface area (Å²) < 4.78 is 0. The number of carbonyl (C=O) groups is 1. The van der Waals surface area contributed by atoms with Crippen molar-refractivity contribution in [2.45, 2.75) is 32.0 Å². The average molecular weight is 363 g/mol. The molecular weight excluding hydrogens is 338 g/mol. The Labute approximate surface area is 159 Å². The maximum absolute atomic E-state index is 12.8. The Morgan fingerprint density at radius 1 is 1.07 bits per heavy atom. The van der Waals surface area contributed by atoms with Crippen LogP contribution in [0.3, 0.4) is 0 Å². The third-order valence-corrected chi connectivity index (χ3v) is 5.25. The number of rotatable bonds is 5. The standard InChI is InChI=1S/C21H25N5O/c1-24(14-17-8-3-2-4-9-17)18-10-7-13-25(15-18)21(27)16-26-22-19-11-5-6-12-20(19)23-26/h2-6,8-9,11-12,18H,7,10,13-16H2,1H3. The SMILES string of the molecule is CN(Cc1ccccc1)C1CCCN(C(=O)Cn2nc3ccccc3n2)C1. The van der Waals surface area contributed by atoms with Gasteiger partial charge in [-0.05, 0) is 37.6 Å². The third-order valence-electron chi connectivity index (χ3n) is 5.25. The van der Waals surface area contributed by atoms with Crippen molar-refractivity contribution in [3.8, 4) is 0 Å². The summed E-state index contributed by atoms with van der Waals surface area (Å²) in [5.41, 5.74) is 2.95. The molecule has 0 N–H and O–H groups in total. The number of likely N-dealkylation sites (tertiary alicyclic amines) is 1. The highest BCUT2D eigenvalue weighted by Crippen LogP contribution is 2.17. The fourth-order valence-corrected chi connectivity index (χ4v) is 3.74. The number of hydrogen-bond donors (Lipinski definition) is 0. The monoisotopic (exact) mass is 363 g/mol. The first-order valence-corrected chi connectivity index (χ1v) is 9.51. The first-order valence-electron chi connectivity index (χ1n) is 9.51. The lowest BCUT2D eigenvalue weighted by Crippen LogP contribution is -2.49. The summed E-state index contributed by atoms with van der Waals surface area (Å²) in [7, 11) is 2.15. The summed E-state index contributed by atoms with van der Waals surface area (Å²) in [5.74, 6) is 0.0908. The number of carbonyl (C=O) groups excluding carboxylic acids is 1. The van der Waals surface area contributed by atoms with Gasteiger partial charge in [-0.25, -0.2) is 0 Å². The van der Waals surface area contributed by atoms with Gasteiger partial charge in [0.15, 0.2) is 0 Å². The minimum atomic E-state index is 0.0908. The second-order valence-corrected chi connectivity index (χ2v) is 7.26. The van der Waals surface area contributed by atoms with E-state index >= 15 is 0 Å². The molecular formula is C21H25N5O. The van der Waals surface area contributed by atoms with Crippen molar-refractivity contribution < 1.29 is 4.79 Å². The van der Waals surface area contributed by atoms with Crippen LogP contribution in [-0.2, 0) is 17.9 Å². The molecule has 6 heteroatoms. The van der Waals surface area contributed by atoms with Crippen LogP contribution in [0.15, 0.2) is 54.6 Å². The number of aromatic nitrogens is 3. The highest BCUT2D eigenvalue weighted by molar-refractivity contribution is 5.77. The van der Waals surface area contributed by atoms with Gasteiger partial charge < -0.3 is 4.90 Å². The number of fused-ring (bicyclic) bond motifs is 1. The Balaban J connectivity index is 1.37. The van der Waals surface area contributed by atoms with Gasteiger partial charge in [-0.15, -0.1) is 0 Å². The van der Waals surface area contributed by atoms with E-state index in [1.807, 2.05) is 35.2 Å². The maximum Gasteiger partial charge on any atom is 0.246 e. The summed E-state index contributed by atoms with van der Waals surface area (Å²) in [6.07, 6.45) is 2.15. The number of nitrogens with zero attached hydrogens (tertiary/aromatic N) is 5. The van der Waals surface area contributed by atoms with Crippen LogP contribution in [0.25, 0.3) is 11.0 Å². The molecule has 0 bridgehead atoms. The maximum atomic E-state index is 12.8. The first-order chi connectivity index (χ1) is 13.2. The highest BCUT2D eigenvalue weighted by Gasteiger charge is 2.26. The number of likely N-dealkylation sites (N-methyl/N-ethyl adjacent to an activating group) is 1. The van der Waals surface area contributed by atoms with Crippen LogP contribution < -0.4 is 0 Å². The number of benzene rings is 2. The average Bonchev–Trinajstić information content (AvgIpc) is 3.11. The fourth-order valence-electron chi connectivity index (χ4n) is 3.74. The number of amides is 1. The van der Waals surface area contributed by atoms with Gasteiger partial charge in [-0.1, -0.05) is 42.5 Å². The van der Waals surface area contributed by atoms with Crippen LogP contribution in [-0.4, -0.2) is 56.9 Å². The lowest BCUT2D eigenvalue weighted by molar-refractivity contribution is -0.134. The molecule has 6 nitrogen and oxygen atoms in total. The Morgan fingerprint density at radius 3 is 2.44 bits per heavy atom. The van der Waals surface area contributed by atoms with Gasteiger partial charge >= 0.3 is 0 Å². The zero-order chi connectivity index (χ0) is 18.6. The van der Waals surface area contributed by atoms with Crippen LogP contribution in [0.1, 0.15) is 18.4 Å². The quantitative estimate of drug-likeness (QED) is 0.699. The third kappa shape index (κ3) is 4.17. The lowest BCUT2D eigenvalue weighted by Gasteiger charge is -2.37. The molecule has 0 spiro atoms. The van der Waals surface area contributed by atoms with Crippen LogP contribution >= 0.6 is 0 Å². The molecule has 27 heavy (non-hydrogen) atoms. The van der Waals surface area contributed by atoms with E-state index in [2.05, 4.69) is 46.4 Å². The van der Waals surface area contributed by atoms with Crippen molar-refractivity contribution in [1.29, 1.82) is 0 Å². The van der Waals surface area contributed by atoms with Crippen LogP contribution in [0, 0.1) is 0 Å². The van der Waals surface area contributed by atoms with E-state index in [1.54, 1.807) is 0 Å². The normalized spacial score (nSPS) is 17.6. The van der Waals surface area contributed by atoms with Gasteiger partial charge in [-0.2, -0.15) is 15.0 Å². The molecule has 2 heterocycles. The van der Waals surface area contributed by atoms with E-state index in [0.29, 0.717) is 6.04 Å². The van der Waals surface area contributed by atoms with E-state index in [9.17, 15) is 4.79 Å². The molecule has 4 rings (SSSR count). The van der Waals surface area contributed by atoms with Crippen LogP contribution in [0.2, 0.25) is 0 Å². The van der Waals surface area contributed by atoms with Crippen LogP contribution in [0.5, 0.6) is 0 Å². The molecule has 1 amide bonds. The molecule has 2 aromatic carbocycles. The molecule has 1 unspecified atom stereocenters. The first kappa shape index (κ1) is 17.7. The summed E-state index contributed by atoms with van der Waals surface area (Å²) >= 11 is 0. The molecule has 1 aliphatic heterocycles. The van der Waals surface area contributed by atoms with Crippen molar-refractivity contribution >= 4 is 16.9 Å². The molecule has 1 aliphatic rings. The molecule has 3 aromatic rings. The summed E-state index contributed by atoms with van der Waals surface area (Å²) in [4.78, 5) is 18.6. The summed E-state index contributed by atoms with van der Waals surface area (Å²) in [6.45, 7) is 2.68. The van der Waals surface area contributed by atoms with Gasteiger partial charge in [0.2, 0.25) is 5.91 Å². The van der Waals surface area contributed by atoms with E-state index in [4.69, 9.17) is 0 Å². The van der Waals surface area contributed by atoms with Crippen molar-refractivity contribution in [3.63, 3.8) is 0 Å². The van der Waals surface area contributed by atoms with Gasteiger partial charge in [0, 0.05) is 25.7 Å². The summed E-state index contributed by atoms with van der Waals surface area (Å²) in [6, 6.07) is 18.6. The Morgan fingerprint density at radius 2 is 1.74 bits per heavy atom. The van der Waals surface area contributed by atoms with Crippen molar-refractivity contribution in [1.82, 2.24) is 24.8 Å². The van der Waals surface area contributed by atoms with E-state index in [1.165, 1.54) is 10.4 Å². The summed E-state index contributed by atoms with van der Waals surface area (Å²) in [5, 5.41) is 8.81. The van der Waals surface area contributed by atoms with E-state index < -0.39 is 0 Å². The van der Waals surface area contributed by atoms with E-state index in [0.717, 1.165) is 43.5 Å². The highest BCUT2D eigenvalue weighted by atomic mass is 16.2. The Bertz CT molecular complexity index is 874. The number of hydrogen-bond acceptors (Lipinski definition) is 4. The van der Waals surface area contributed by atoms with E-state index in [-0.39, 0.29) is 12.5 Å². The molecule has 0 aliphatic carbocycles. The van der Waals surface area contributed by atoms with Crippen LogP contribution in [0.4, 0.5) is 0 Å². The van der Waals surface area contributed by atoms with Gasteiger partial charge in [0.05, 0.1) is 0 Å². The Kier molecular flexibility index (Phi) is 5.16. The molecule has 1 atom stereocenters. The predicted molar refractivity (Wildman–Crippen MR) is 105 cm³/mol. The zero-order valence-electron chi connectivity index (χ0n) is 15.7. The van der Waals surface area contributed by atoms with Gasteiger partial charge in [-0.3, -0.25) is 9.69 Å². The van der Waals surface area contributed by atoms with Gasteiger partial charge in [0.1, 0.15) is 17.6 Å². The molecule has 0 saturated carbocycles. The van der Waals surface area contributed by atoms with Crippen molar-refractivity contribution in [2.75, 3.05) is 20.1 Å². The second kappa shape index (κ2) is 7.88. The largest absolute Gasteiger partial charge is 0.339 e. The minimum Gasteiger partial charge on any atom is -0.339 e. The molecule has 1 aromatic heterocycles. The fraction of sp³-hybridized carbons (Fsp3) is 0.381. The topological polar surface area (TPSA) is 54.3 Å². The Hall–Kier alpha value is -2.73. The molecule has 1 fully saturated rings. The van der Waals surface area contributed by atoms with Crippen molar-refractivity contribution in [3.05, 3.63) is 60.2 Å². The van der Waals surface area contributed by atoms with Gasteiger partial charge in [0.25, 0.3) is 0 Å². The van der Waals surface area contributed by atoms with Crippen molar-refractivity contribution in [2.24, 2.45) is 0 Å². The molecule has 0 radical (unpaired) electrons. The smallest absolute Gasteiger partial charge is 0.246 e. The number of piperidine rings is 1. The lowest BCUT2D eigenvalue weighted by atomic mass is 10.0. The predicted octanol–water partition coefficient (Wildman–Crippen LogP) is 2.55. The molecule has 1 saturated heterocycles. The molecule has 140 valence electrons. The zero-order valence-corrected chi connectivity index (χ0v) is 15.7.